The molecule has 1 aliphatic heterocycles. The van der Waals surface area contributed by atoms with Crippen LogP contribution in [0, 0.1) is 0 Å². The van der Waals surface area contributed by atoms with E-state index >= 15 is 0 Å². The zero-order chi connectivity index (χ0) is 15.9. The highest BCUT2D eigenvalue weighted by Gasteiger charge is 2.20. The largest absolute Gasteiger partial charge is 0.351 e. The summed E-state index contributed by atoms with van der Waals surface area (Å²) in [5.74, 6) is 0.131. The molecule has 1 fully saturated rings. The highest BCUT2D eigenvalue weighted by Crippen LogP contribution is 2.13. The first-order chi connectivity index (χ1) is 10.6. The SMILES string of the molecule is CC(C)N(C)Cc1ccccc1CNC(=O)C1CCCCN1.Cl.Cl. The predicted molar refractivity (Wildman–Crippen MR) is 105 cm³/mol. The second-order valence-electron chi connectivity index (χ2n) is 6.50. The second kappa shape index (κ2) is 11.7. The molecule has 0 bridgehead atoms. The van der Waals surface area contributed by atoms with Crippen LogP contribution in [0.2, 0.25) is 0 Å². The lowest BCUT2D eigenvalue weighted by molar-refractivity contribution is -0.123. The van der Waals surface area contributed by atoms with Gasteiger partial charge in [0.05, 0.1) is 6.04 Å². The summed E-state index contributed by atoms with van der Waals surface area (Å²) < 4.78 is 0. The molecule has 2 rings (SSSR count). The van der Waals surface area contributed by atoms with E-state index in [1.54, 1.807) is 0 Å². The van der Waals surface area contributed by atoms with Gasteiger partial charge in [-0.15, -0.1) is 24.8 Å². The number of carbonyl (C=O) groups is 1. The third-order valence-corrected chi connectivity index (χ3v) is 4.50. The van der Waals surface area contributed by atoms with E-state index in [4.69, 9.17) is 0 Å². The summed E-state index contributed by atoms with van der Waals surface area (Å²) in [6, 6.07) is 8.86. The first-order valence-corrected chi connectivity index (χ1v) is 8.36. The Balaban J connectivity index is 0.00000264. The van der Waals surface area contributed by atoms with Crippen LogP contribution >= 0.6 is 24.8 Å². The van der Waals surface area contributed by atoms with Crippen molar-refractivity contribution in [1.82, 2.24) is 15.5 Å². The molecule has 24 heavy (non-hydrogen) atoms. The van der Waals surface area contributed by atoms with E-state index in [0.29, 0.717) is 12.6 Å². The van der Waals surface area contributed by atoms with E-state index < -0.39 is 0 Å². The molecular weight excluding hydrogens is 345 g/mol. The van der Waals surface area contributed by atoms with Gasteiger partial charge in [-0.25, -0.2) is 0 Å². The topological polar surface area (TPSA) is 44.4 Å². The zero-order valence-corrected chi connectivity index (χ0v) is 16.5. The van der Waals surface area contributed by atoms with Crippen LogP contribution in [-0.2, 0) is 17.9 Å². The van der Waals surface area contributed by atoms with Gasteiger partial charge in [-0.05, 0) is 51.4 Å². The monoisotopic (exact) mass is 375 g/mol. The maximum Gasteiger partial charge on any atom is 0.237 e. The number of benzene rings is 1. The third-order valence-electron chi connectivity index (χ3n) is 4.50. The molecule has 138 valence electrons. The van der Waals surface area contributed by atoms with Gasteiger partial charge in [0.15, 0.2) is 0 Å². The molecule has 1 heterocycles. The van der Waals surface area contributed by atoms with Gasteiger partial charge in [0.2, 0.25) is 5.91 Å². The van der Waals surface area contributed by atoms with Crippen molar-refractivity contribution in [2.24, 2.45) is 0 Å². The molecular formula is C18H31Cl2N3O. The minimum absolute atomic E-state index is 0. The Morgan fingerprint density at radius 3 is 2.50 bits per heavy atom. The summed E-state index contributed by atoms with van der Waals surface area (Å²) in [6.07, 6.45) is 3.26. The maximum atomic E-state index is 12.2. The van der Waals surface area contributed by atoms with Crippen LogP contribution in [0.15, 0.2) is 24.3 Å². The molecule has 2 N–H and O–H groups in total. The Morgan fingerprint density at radius 1 is 1.25 bits per heavy atom. The normalized spacial score (nSPS) is 17.1. The number of hydrogen-bond acceptors (Lipinski definition) is 3. The van der Waals surface area contributed by atoms with Crippen molar-refractivity contribution in [3.05, 3.63) is 35.4 Å². The van der Waals surface area contributed by atoms with Crippen molar-refractivity contribution >= 4 is 30.7 Å². The minimum atomic E-state index is -0.0146. The molecule has 0 spiro atoms. The molecule has 6 heteroatoms. The Labute approximate surface area is 158 Å². The molecule has 0 radical (unpaired) electrons. The minimum Gasteiger partial charge on any atom is -0.351 e. The van der Waals surface area contributed by atoms with Crippen LogP contribution in [0.4, 0.5) is 0 Å². The molecule has 1 aromatic carbocycles. The maximum absolute atomic E-state index is 12.2. The highest BCUT2D eigenvalue weighted by atomic mass is 35.5. The Morgan fingerprint density at radius 2 is 1.92 bits per heavy atom. The van der Waals surface area contributed by atoms with Gasteiger partial charge >= 0.3 is 0 Å². The highest BCUT2D eigenvalue weighted by molar-refractivity contribution is 5.85. The van der Waals surface area contributed by atoms with Crippen LogP contribution in [0.3, 0.4) is 0 Å². The quantitative estimate of drug-likeness (QED) is 0.802. The number of amides is 1. The van der Waals surface area contributed by atoms with E-state index in [1.807, 2.05) is 6.07 Å². The summed E-state index contributed by atoms with van der Waals surface area (Å²) in [6.45, 7) is 6.86. The van der Waals surface area contributed by atoms with Gasteiger partial charge in [0.25, 0.3) is 0 Å². The van der Waals surface area contributed by atoms with Crippen molar-refractivity contribution < 1.29 is 4.79 Å². The Kier molecular flexibility index (Phi) is 11.3. The lowest BCUT2D eigenvalue weighted by Crippen LogP contribution is -2.46. The number of halogens is 2. The summed E-state index contributed by atoms with van der Waals surface area (Å²) >= 11 is 0. The first-order valence-electron chi connectivity index (χ1n) is 8.36. The molecule has 4 nitrogen and oxygen atoms in total. The molecule has 0 aliphatic carbocycles. The van der Waals surface area contributed by atoms with E-state index in [-0.39, 0.29) is 36.8 Å². The standard InChI is InChI=1S/C18H29N3O.2ClH/c1-14(2)21(3)13-16-9-5-4-8-15(16)12-20-18(22)17-10-6-7-11-19-17;;/h4-5,8-9,14,17,19H,6-7,10-13H2,1-3H3,(H,20,22);2*1H. The van der Waals surface area contributed by atoms with Gasteiger partial charge < -0.3 is 10.6 Å². The molecule has 1 aliphatic rings. The van der Waals surface area contributed by atoms with Crippen molar-refractivity contribution in [3.8, 4) is 0 Å². The van der Waals surface area contributed by atoms with Crippen LogP contribution < -0.4 is 10.6 Å². The average Bonchev–Trinajstić information content (AvgIpc) is 2.54. The molecule has 1 amide bonds. The molecule has 1 atom stereocenters. The molecule has 0 aromatic heterocycles. The van der Waals surface area contributed by atoms with Crippen molar-refractivity contribution in [1.29, 1.82) is 0 Å². The number of nitrogens with zero attached hydrogens (tertiary/aromatic N) is 1. The second-order valence-corrected chi connectivity index (χ2v) is 6.50. The first kappa shape index (κ1) is 23.2. The average molecular weight is 376 g/mol. The fourth-order valence-electron chi connectivity index (χ4n) is 2.72. The van der Waals surface area contributed by atoms with Crippen LogP contribution in [0.5, 0.6) is 0 Å². The lowest BCUT2D eigenvalue weighted by atomic mass is 10.0. The Bertz CT molecular complexity index is 491. The molecule has 0 saturated carbocycles. The van der Waals surface area contributed by atoms with E-state index in [0.717, 1.165) is 25.9 Å². The molecule has 1 aromatic rings. The summed E-state index contributed by atoms with van der Waals surface area (Å²) in [7, 11) is 2.13. The zero-order valence-electron chi connectivity index (χ0n) is 14.9. The summed E-state index contributed by atoms with van der Waals surface area (Å²) in [5.41, 5.74) is 2.50. The van der Waals surface area contributed by atoms with Gasteiger partial charge in [-0.2, -0.15) is 0 Å². The van der Waals surface area contributed by atoms with Crippen LogP contribution in [-0.4, -0.2) is 36.5 Å². The predicted octanol–water partition coefficient (Wildman–Crippen LogP) is 3.13. The number of hydrogen-bond donors (Lipinski definition) is 2. The van der Waals surface area contributed by atoms with Crippen molar-refractivity contribution in [3.63, 3.8) is 0 Å². The summed E-state index contributed by atoms with van der Waals surface area (Å²) in [4.78, 5) is 14.5. The van der Waals surface area contributed by atoms with Gasteiger partial charge in [0, 0.05) is 19.1 Å². The Hall–Kier alpha value is -0.810. The van der Waals surface area contributed by atoms with Crippen molar-refractivity contribution in [2.75, 3.05) is 13.6 Å². The van der Waals surface area contributed by atoms with E-state index in [1.165, 1.54) is 17.5 Å². The van der Waals surface area contributed by atoms with E-state index in [9.17, 15) is 4.79 Å². The number of rotatable bonds is 6. The molecule has 1 saturated heterocycles. The van der Waals surface area contributed by atoms with Gasteiger partial charge in [-0.1, -0.05) is 30.7 Å². The number of carbonyl (C=O) groups excluding carboxylic acids is 1. The third kappa shape index (κ3) is 6.98. The van der Waals surface area contributed by atoms with Crippen molar-refractivity contribution in [2.45, 2.75) is 58.3 Å². The fourth-order valence-corrected chi connectivity index (χ4v) is 2.72. The van der Waals surface area contributed by atoms with E-state index in [2.05, 4.69) is 54.6 Å². The fraction of sp³-hybridized carbons (Fsp3) is 0.611. The molecule has 1 unspecified atom stereocenters. The summed E-state index contributed by atoms with van der Waals surface area (Å²) in [5, 5.41) is 6.39. The van der Waals surface area contributed by atoms with Gasteiger partial charge in [0.1, 0.15) is 0 Å². The van der Waals surface area contributed by atoms with Crippen LogP contribution in [0.1, 0.15) is 44.2 Å². The number of nitrogens with one attached hydrogen (secondary N) is 2. The van der Waals surface area contributed by atoms with Gasteiger partial charge in [-0.3, -0.25) is 9.69 Å². The van der Waals surface area contributed by atoms with Crippen LogP contribution in [0.25, 0.3) is 0 Å². The number of piperidine rings is 1. The smallest absolute Gasteiger partial charge is 0.237 e. The lowest BCUT2D eigenvalue weighted by Gasteiger charge is -2.24.